The first-order valence-electron chi connectivity index (χ1n) is 5.61. The number of rotatable bonds is 3. The van der Waals surface area contributed by atoms with Crippen molar-refractivity contribution in [3.63, 3.8) is 0 Å². The molecule has 0 N–H and O–H groups in total. The molecule has 0 aliphatic carbocycles. The van der Waals surface area contributed by atoms with E-state index in [4.69, 9.17) is 0 Å². The number of fused-ring (bicyclic) bond motifs is 3. The van der Waals surface area contributed by atoms with E-state index in [1.165, 1.54) is 29.1 Å². The Morgan fingerprint density at radius 3 is 2.83 bits per heavy atom. The van der Waals surface area contributed by atoms with Gasteiger partial charge in [-0.3, -0.25) is 0 Å². The second-order valence-electron chi connectivity index (χ2n) is 3.88. The zero-order valence-electron chi connectivity index (χ0n) is 9.49. The maximum absolute atomic E-state index is 4.34. The Morgan fingerprint density at radius 2 is 2.00 bits per heavy atom. The van der Waals surface area contributed by atoms with Gasteiger partial charge in [-0.2, -0.15) is 0 Å². The summed E-state index contributed by atoms with van der Waals surface area (Å²) in [5.41, 5.74) is 0. The van der Waals surface area contributed by atoms with Crippen LogP contribution in [0, 0.1) is 3.57 Å². The first-order valence-corrected chi connectivity index (χ1v) is 10.5. The number of hydrogen-bond acceptors (Lipinski definition) is 2. The predicted molar refractivity (Wildman–Crippen MR) is 84.4 cm³/mol. The van der Waals surface area contributed by atoms with Crippen LogP contribution in [0.5, 0.6) is 0 Å². The van der Waals surface area contributed by atoms with Crippen LogP contribution in [0.1, 0.15) is 0 Å². The van der Waals surface area contributed by atoms with Gasteiger partial charge in [0, 0.05) is 0 Å². The molecule has 1 heterocycles. The average Bonchev–Trinajstić information content (AvgIpc) is 2.79. The second-order valence-corrected chi connectivity index (χ2v) is 9.24. The molecule has 2 aromatic carbocycles. The van der Waals surface area contributed by atoms with Crippen LogP contribution in [0.4, 0.5) is 0 Å². The van der Waals surface area contributed by atoms with Crippen molar-refractivity contribution in [2.45, 2.75) is 0 Å². The van der Waals surface area contributed by atoms with Crippen LogP contribution < -0.4 is 21.2 Å². The van der Waals surface area contributed by atoms with Gasteiger partial charge in [-0.15, -0.1) is 0 Å². The molecular weight excluding hydrogens is 439 g/mol. The van der Waals surface area contributed by atoms with E-state index in [0.29, 0.717) is 0 Å². The first-order chi connectivity index (χ1) is 8.81. The molecule has 4 heteroatoms. The van der Waals surface area contributed by atoms with Crippen molar-refractivity contribution in [3.05, 3.63) is 44.4 Å². The molecule has 0 nitrogen and oxygen atoms in total. The molecule has 0 unspecified atom stereocenters. The van der Waals surface area contributed by atoms with Gasteiger partial charge in [0.1, 0.15) is 0 Å². The number of hydrogen-bond donors (Lipinski definition) is 1. The molecule has 3 aromatic rings. The first kappa shape index (κ1) is 13.2. The predicted octanol–water partition coefficient (Wildman–Crippen LogP) is 2.01. The summed E-state index contributed by atoms with van der Waals surface area (Å²) in [7, 11) is 0. The van der Waals surface area contributed by atoms with Gasteiger partial charge < -0.3 is 0 Å². The Morgan fingerprint density at radius 1 is 1.17 bits per heavy atom. The molecule has 0 radical (unpaired) electrons. The topological polar surface area (TPSA) is 0 Å². The molecule has 0 aliphatic rings. The molecule has 0 bridgehead atoms. The van der Waals surface area contributed by atoms with E-state index in [1.54, 1.807) is 3.57 Å². The average molecular weight is 450 g/mol. The van der Waals surface area contributed by atoms with E-state index in [9.17, 15) is 0 Å². The summed E-state index contributed by atoms with van der Waals surface area (Å²) >= 11 is 9.99. The molecule has 0 atom stereocenters. The van der Waals surface area contributed by atoms with E-state index in [0.717, 1.165) is 5.75 Å². The number of thiol groups is 1. The van der Waals surface area contributed by atoms with E-state index < -0.39 is 0 Å². The van der Waals surface area contributed by atoms with Crippen LogP contribution in [-0.2, 0) is 0 Å². The van der Waals surface area contributed by atoms with Crippen LogP contribution in [0.15, 0.2) is 40.9 Å². The molecule has 94 valence electrons. The van der Waals surface area contributed by atoms with Crippen molar-refractivity contribution in [1.29, 1.82) is 0 Å². The second kappa shape index (κ2) is 5.69. The summed E-state index contributed by atoms with van der Waals surface area (Å²) in [6.07, 6.45) is 0. The van der Waals surface area contributed by atoms with Crippen molar-refractivity contribution < 1.29 is 21.2 Å². The molecule has 0 fully saturated rings. The van der Waals surface area contributed by atoms with Crippen molar-refractivity contribution in [2.24, 2.45) is 0 Å². The number of benzene rings is 2. The van der Waals surface area contributed by atoms with E-state index >= 15 is 0 Å². The quantitative estimate of drug-likeness (QED) is 0.353. The molecule has 0 spiro atoms. The third-order valence-electron chi connectivity index (χ3n) is 2.75. The molecule has 0 saturated heterocycles. The summed E-state index contributed by atoms with van der Waals surface area (Å²) in [5.74, 6) is 0.993. The van der Waals surface area contributed by atoms with Gasteiger partial charge in [-0.1, -0.05) is 0 Å². The Kier molecular flexibility index (Phi) is 4.18. The Balaban J connectivity index is 2.33. The number of thiophene rings is 1. The van der Waals surface area contributed by atoms with E-state index in [1.807, 2.05) is 11.3 Å². The standard InChI is InChI=1S/C14H11BrIS2/c15-10-5-6-11(16-7-8-17)13-9-3-1-2-4-12(9)18-14(10)13/h1-6,17H,7-8H2/q-1. The number of alkyl halides is 1. The summed E-state index contributed by atoms with van der Waals surface area (Å²) < 4.78 is 6.79. The van der Waals surface area contributed by atoms with Crippen LogP contribution in [0.2, 0.25) is 0 Å². The van der Waals surface area contributed by atoms with Crippen molar-refractivity contribution >= 4 is 60.1 Å². The summed E-state index contributed by atoms with van der Waals surface area (Å²) in [4.78, 5) is 0. The Hall–Kier alpha value is 0.220. The van der Waals surface area contributed by atoms with Crippen LogP contribution in [0.3, 0.4) is 0 Å². The van der Waals surface area contributed by atoms with E-state index in [2.05, 4.69) is 65.0 Å². The van der Waals surface area contributed by atoms with Gasteiger partial charge >= 0.3 is 136 Å². The summed E-state index contributed by atoms with van der Waals surface area (Å²) in [6.45, 7) is 0. The van der Waals surface area contributed by atoms with Crippen molar-refractivity contribution in [2.75, 3.05) is 10.2 Å². The van der Waals surface area contributed by atoms with Gasteiger partial charge in [-0.25, -0.2) is 0 Å². The van der Waals surface area contributed by atoms with Gasteiger partial charge in [0.05, 0.1) is 0 Å². The van der Waals surface area contributed by atoms with Gasteiger partial charge in [0.25, 0.3) is 0 Å². The fourth-order valence-corrected chi connectivity index (χ4v) is 6.67. The third-order valence-corrected chi connectivity index (χ3v) is 8.75. The fraction of sp³-hybridized carbons (Fsp3) is 0.143. The van der Waals surface area contributed by atoms with Crippen LogP contribution in [0.25, 0.3) is 20.2 Å². The minimum atomic E-state index is 0.0725. The molecular formula is C14H11BrIS2-. The molecule has 1 aromatic heterocycles. The van der Waals surface area contributed by atoms with Crippen LogP contribution >= 0.6 is 39.9 Å². The monoisotopic (exact) mass is 449 g/mol. The SMILES string of the molecule is SCC[I-]c1ccc(Br)c2sc3ccccc3c12. The Bertz CT molecular complexity index is 705. The van der Waals surface area contributed by atoms with Crippen LogP contribution in [-0.4, -0.2) is 10.2 Å². The third kappa shape index (κ3) is 2.32. The molecule has 0 aliphatic heterocycles. The fourth-order valence-electron chi connectivity index (χ4n) is 2.01. The molecule has 0 saturated carbocycles. The van der Waals surface area contributed by atoms with Crippen molar-refractivity contribution in [3.8, 4) is 0 Å². The van der Waals surface area contributed by atoms with Gasteiger partial charge in [-0.05, 0) is 0 Å². The zero-order valence-corrected chi connectivity index (χ0v) is 14.9. The van der Waals surface area contributed by atoms with Gasteiger partial charge in [0.15, 0.2) is 0 Å². The summed E-state index contributed by atoms with van der Waals surface area (Å²) in [6, 6.07) is 13.2. The maximum atomic E-state index is 4.34. The minimum absolute atomic E-state index is 0.0725. The Labute approximate surface area is 135 Å². The molecule has 3 rings (SSSR count). The number of halogens is 2. The molecule has 0 amide bonds. The van der Waals surface area contributed by atoms with Gasteiger partial charge in [0.2, 0.25) is 0 Å². The van der Waals surface area contributed by atoms with Crippen molar-refractivity contribution in [1.82, 2.24) is 0 Å². The zero-order chi connectivity index (χ0) is 12.5. The molecule has 18 heavy (non-hydrogen) atoms. The summed E-state index contributed by atoms with van der Waals surface area (Å²) in [5, 5.41) is 2.88. The normalized spacial score (nSPS) is 11.7. The van der Waals surface area contributed by atoms with E-state index in [-0.39, 0.29) is 21.2 Å².